The lowest BCUT2D eigenvalue weighted by atomic mass is 10.1. The highest BCUT2D eigenvalue weighted by Gasteiger charge is 2.45. The average molecular weight is 518 g/mol. The van der Waals surface area contributed by atoms with Crippen molar-refractivity contribution in [2.24, 2.45) is 0 Å². The molecule has 1 aromatic carbocycles. The van der Waals surface area contributed by atoms with Crippen molar-refractivity contribution in [2.75, 3.05) is 49.4 Å². The summed E-state index contributed by atoms with van der Waals surface area (Å²) in [5.74, 6) is 2.31. The van der Waals surface area contributed by atoms with Crippen molar-refractivity contribution < 1.29 is 9.47 Å². The molecule has 2 bridgehead atoms. The number of pyridine rings is 1. The Balaban J connectivity index is 1.42. The van der Waals surface area contributed by atoms with Gasteiger partial charge in [0.2, 0.25) is 5.95 Å². The molecule has 9 nitrogen and oxygen atoms in total. The molecule has 2 fully saturated rings. The van der Waals surface area contributed by atoms with Crippen LogP contribution in [0.3, 0.4) is 0 Å². The highest BCUT2D eigenvalue weighted by molar-refractivity contribution is 5.67. The van der Waals surface area contributed by atoms with Crippen molar-refractivity contribution in [3.05, 3.63) is 60.3 Å². The number of hydrogen-bond donors (Lipinski definition) is 2. The molecule has 0 amide bonds. The Labute approximate surface area is 225 Å². The molecule has 9 heteroatoms. The van der Waals surface area contributed by atoms with Crippen LogP contribution in [0.25, 0.3) is 11.3 Å². The number of piperazine rings is 1. The number of aromatic nitrogens is 3. The Kier molecular flexibility index (Phi) is 8.06. The topological polar surface area (TPSA) is 87.7 Å². The molecular weight excluding hydrogens is 478 g/mol. The van der Waals surface area contributed by atoms with Gasteiger partial charge in [-0.15, -0.1) is 0 Å². The van der Waals surface area contributed by atoms with Crippen molar-refractivity contribution in [2.45, 2.75) is 57.6 Å². The lowest BCUT2D eigenvalue weighted by molar-refractivity contribution is -0.0914. The predicted molar refractivity (Wildman–Crippen MR) is 151 cm³/mol. The molecule has 2 unspecified atom stereocenters. The fourth-order valence-corrected chi connectivity index (χ4v) is 5.54. The zero-order chi connectivity index (χ0) is 26.6. The molecule has 2 aromatic heterocycles. The quantitative estimate of drug-likeness (QED) is 0.359. The van der Waals surface area contributed by atoms with E-state index in [0.717, 1.165) is 48.4 Å². The van der Waals surface area contributed by atoms with Crippen LogP contribution in [0.5, 0.6) is 0 Å². The number of fused-ring (bicyclic) bond motifs is 2. The van der Waals surface area contributed by atoms with Gasteiger partial charge in [0, 0.05) is 69.3 Å². The van der Waals surface area contributed by atoms with E-state index < -0.39 is 0 Å². The van der Waals surface area contributed by atoms with Crippen molar-refractivity contribution in [3.63, 3.8) is 0 Å². The van der Waals surface area contributed by atoms with Crippen LogP contribution in [0.2, 0.25) is 0 Å². The molecule has 202 valence electrons. The highest BCUT2D eigenvalue weighted by Crippen LogP contribution is 2.35. The van der Waals surface area contributed by atoms with E-state index in [9.17, 15) is 0 Å². The summed E-state index contributed by atoms with van der Waals surface area (Å²) in [4.78, 5) is 19.5. The van der Waals surface area contributed by atoms with E-state index in [1.165, 1.54) is 5.56 Å². The number of ether oxygens (including phenoxy) is 2. The summed E-state index contributed by atoms with van der Waals surface area (Å²) in [6.07, 6.45) is 2.62. The number of methoxy groups -OCH3 is 2. The largest absolute Gasteiger partial charge is 0.365 e. The number of nitrogens with one attached hydrogen (secondary N) is 2. The Morgan fingerprint density at radius 3 is 2.42 bits per heavy atom. The number of hydrogen-bond acceptors (Lipinski definition) is 9. The first-order chi connectivity index (χ1) is 18.4. The number of anilines is 3. The summed E-state index contributed by atoms with van der Waals surface area (Å²) in [5, 5.41) is 6.92. The third-order valence-corrected chi connectivity index (χ3v) is 7.61. The smallest absolute Gasteiger partial charge is 0.228 e. The van der Waals surface area contributed by atoms with Gasteiger partial charge in [-0.25, -0.2) is 9.97 Å². The molecule has 2 aliphatic heterocycles. The predicted octanol–water partition coefficient (Wildman–Crippen LogP) is 4.41. The normalized spacial score (nSPS) is 19.9. The molecular formula is C29H39N7O2. The van der Waals surface area contributed by atoms with Gasteiger partial charge in [0.1, 0.15) is 11.6 Å². The fourth-order valence-electron chi connectivity index (χ4n) is 5.54. The number of benzene rings is 1. The first-order valence-electron chi connectivity index (χ1n) is 13.4. The van der Waals surface area contributed by atoms with Crippen molar-refractivity contribution >= 4 is 17.6 Å². The molecule has 2 aliphatic rings. The maximum atomic E-state index is 5.37. The molecule has 38 heavy (non-hydrogen) atoms. The molecule has 0 spiro atoms. The van der Waals surface area contributed by atoms with Gasteiger partial charge >= 0.3 is 0 Å². The maximum Gasteiger partial charge on any atom is 0.228 e. The monoisotopic (exact) mass is 517 g/mol. The van der Waals surface area contributed by atoms with Crippen LogP contribution in [-0.2, 0) is 9.47 Å². The van der Waals surface area contributed by atoms with Crippen molar-refractivity contribution in [3.8, 4) is 11.3 Å². The van der Waals surface area contributed by atoms with E-state index in [0.29, 0.717) is 24.7 Å². The van der Waals surface area contributed by atoms with Gasteiger partial charge in [-0.05, 0) is 44.9 Å². The summed E-state index contributed by atoms with van der Waals surface area (Å²) < 4.78 is 10.7. The molecule has 4 heterocycles. The summed E-state index contributed by atoms with van der Waals surface area (Å²) in [6, 6.07) is 18.1. The second-order valence-electron chi connectivity index (χ2n) is 10.4. The summed E-state index contributed by atoms with van der Waals surface area (Å²) in [7, 11) is 3.27. The van der Waals surface area contributed by atoms with Gasteiger partial charge < -0.3 is 25.0 Å². The maximum absolute atomic E-state index is 5.37. The lowest BCUT2D eigenvalue weighted by Gasteiger charge is -2.36. The van der Waals surface area contributed by atoms with Crippen LogP contribution >= 0.6 is 0 Å². The van der Waals surface area contributed by atoms with E-state index in [-0.39, 0.29) is 12.3 Å². The second-order valence-corrected chi connectivity index (χ2v) is 10.4. The molecule has 0 radical (unpaired) electrons. The van der Waals surface area contributed by atoms with Gasteiger partial charge in [0.05, 0.1) is 12.2 Å². The van der Waals surface area contributed by atoms with Crippen molar-refractivity contribution in [1.82, 2.24) is 19.9 Å². The van der Waals surface area contributed by atoms with Crippen LogP contribution in [0.15, 0.2) is 54.7 Å². The Morgan fingerprint density at radius 1 is 0.947 bits per heavy atom. The molecule has 3 aromatic rings. The summed E-state index contributed by atoms with van der Waals surface area (Å²) >= 11 is 0. The number of nitrogens with zero attached hydrogens (tertiary/aromatic N) is 5. The summed E-state index contributed by atoms with van der Waals surface area (Å²) in [6.45, 7) is 9.17. The van der Waals surface area contributed by atoms with Crippen LogP contribution in [0, 0.1) is 0 Å². The van der Waals surface area contributed by atoms with Crippen LogP contribution in [0.1, 0.15) is 38.8 Å². The minimum absolute atomic E-state index is 0.126. The summed E-state index contributed by atoms with van der Waals surface area (Å²) in [5.41, 5.74) is 3.05. The lowest BCUT2D eigenvalue weighted by Crippen LogP contribution is -2.49. The zero-order valence-corrected chi connectivity index (χ0v) is 23.0. The number of likely N-dealkylation sites (tertiary alicyclic amines) is 1. The third-order valence-electron chi connectivity index (χ3n) is 7.61. The van der Waals surface area contributed by atoms with Crippen LogP contribution < -0.4 is 15.5 Å². The first kappa shape index (κ1) is 26.3. The van der Waals surface area contributed by atoms with Gasteiger partial charge in [-0.1, -0.05) is 30.3 Å². The highest BCUT2D eigenvalue weighted by atomic mass is 16.7. The molecule has 0 aliphatic carbocycles. The van der Waals surface area contributed by atoms with Gasteiger partial charge in [0.25, 0.3) is 0 Å². The Morgan fingerprint density at radius 2 is 1.74 bits per heavy atom. The Hall–Kier alpha value is -3.27. The SMILES string of the molecule is COC(CNc1cc(-c2ccnc(N[C@@H](C)c3ccccc3)c2)nc(N2CC3CC2CN3C(C)C)n1)OC. The van der Waals surface area contributed by atoms with E-state index >= 15 is 0 Å². The van der Waals surface area contributed by atoms with Gasteiger partial charge in [0.15, 0.2) is 6.29 Å². The van der Waals surface area contributed by atoms with E-state index in [4.69, 9.17) is 19.4 Å². The Bertz CT molecular complexity index is 1200. The first-order valence-corrected chi connectivity index (χ1v) is 13.4. The molecule has 3 atom stereocenters. The minimum Gasteiger partial charge on any atom is -0.365 e. The van der Waals surface area contributed by atoms with E-state index in [2.05, 4.69) is 76.5 Å². The third kappa shape index (κ3) is 5.75. The zero-order valence-electron chi connectivity index (χ0n) is 23.0. The fraction of sp³-hybridized carbons (Fsp3) is 0.483. The minimum atomic E-state index is -0.365. The second kappa shape index (κ2) is 11.6. The van der Waals surface area contributed by atoms with Crippen molar-refractivity contribution in [1.29, 1.82) is 0 Å². The molecule has 5 rings (SSSR count). The van der Waals surface area contributed by atoms with E-state index in [1.54, 1.807) is 14.2 Å². The average Bonchev–Trinajstić information content (AvgIpc) is 3.56. The van der Waals surface area contributed by atoms with Gasteiger partial charge in [-0.3, -0.25) is 4.90 Å². The van der Waals surface area contributed by atoms with E-state index in [1.807, 2.05) is 24.4 Å². The van der Waals surface area contributed by atoms with Crippen LogP contribution in [-0.4, -0.2) is 78.1 Å². The molecule has 2 saturated heterocycles. The standard InChI is InChI=1S/C29H39N7O2/c1-19(2)35-17-24-14-23(35)18-36(24)29-33-25(15-27(34-29)31-16-28(37-4)38-5)22-11-12-30-26(13-22)32-20(3)21-9-7-6-8-10-21/h6-13,15,19-20,23-24,28H,14,16-18H2,1-5H3,(H,30,32)(H,31,33,34)/t20-,23?,24?/m0/s1. The van der Waals surface area contributed by atoms with Gasteiger partial charge in [-0.2, -0.15) is 4.98 Å². The molecule has 2 N–H and O–H groups in total. The number of rotatable bonds is 11. The molecule has 0 saturated carbocycles. The van der Waals surface area contributed by atoms with Crippen LogP contribution in [0.4, 0.5) is 17.6 Å².